The molecule has 0 atom stereocenters. The number of ether oxygens (including phenoxy) is 1. The number of hydrogen-bond donors (Lipinski definition) is 2. The Morgan fingerprint density at radius 2 is 1.95 bits per heavy atom. The van der Waals surface area contributed by atoms with Crippen molar-refractivity contribution >= 4 is 11.4 Å². The Balaban J connectivity index is 2.34. The predicted octanol–water partition coefficient (Wildman–Crippen LogP) is 2.92. The van der Waals surface area contributed by atoms with Crippen LogP contribution in [0.1, 0.15) is 5.56 Å². The third-order valence-corrected chi connectivity index (χ3v) is 2.78. The molecule has 6 heteroatoms. The number of benzene rings is 2. The fraction of sp³-hybridized carbons (Fsp3) is 0.143. The maximum Gasteiger partial charge on any atom is 0.334 e. The Morgan fingerprint density at radius 1 is 1.25 bits per heavy atom. The highest BCUT2D eigenvalue weighted by Gasteiger charge is 2.20. The molecule has 104 valence electrons. The second kappa shape index (κ2) is 6.03. The van der Waals surface area contributed by atoms with Gasteiger partial charge >= 0.3 is 5.69 Å². The molecule has 0 unspecified atom stereocenters. The standard InChI is InChI=1S/C14H14N2O4/c1-15-12-3-2-4-13(14(12)16(18)19)20-11-7-5-10(9-17)6-8-11/h2-8,15,17H,9H2,1H3. The molecule has 0 saturated carbocycles. The molecule has 2 aromatic carbocycles. The molecule has 2 rings (SSSR count). The summed E-state index contributed by atoms with van der Waals surface area (Å²) in [7, 11) is 1.61. The van der Waals surface area contributed by atoms with Gasteiger partial charge in [0.05, 0.1) is 11.5 Å². The number of aliphatic hydroxyl groups excluding tert-OH is 1. The zero-order valence-electron chi connectivity index (χ0n) is 10.9. The number of para-hydroxylation sites is 1. The molecular formula is C14H14N2O4. The van der Waals surface area contributed by atoms with Crippen LogP contribution in [0.25, 0.3) is 0 Å². The zero-order chi connectivity index (χ0) is 14.5. The Bertz CT molecular complexity index is 611. The molecule has 2 aromatic rings. The van der Waals surface area contributed by atoms with Gasteiger partial charge in [-0.05, 0) is 29.8 Å². The van der Waals surface area contributed by atoms with Crippen LogP contribution in [0.15, 0.2) is 42.5 Å². The van der Waals surface area contributed by atoms with E-state index < -0.39 is 4.92 Å². The van der Waals surface area contributed by atoms with Crippen molar-refractivity contribution in [3.8, 4) is 11.5 Å². The summed E-state index contributed by atoms with van der Waals surface area (Å²) >= 11 is 0. The Kier molecular flexibility index (Phi) is 4.17. The highest BCUT2D eigenvalue weighted by atomic mass is 16.6. The normalized spacial score (nSPS) is 10.1. The fourth-order valence-electron chi connectivity index (χ4n) is 1.78. The molecule has 0 aliphatic heterocycles. The molecule has 0 spiro atoms. The molecule has 0 amide bonds. The molecule has 0 bridgehead atoms. The maximum atomic E-state index is 11.1. The van der Waals surface area contributed by atoms with Crippen LogP contribution in [-0.4, -0.2) is 17.1 Å². The van der Waals surface area contributed by atoms with Crippen molar-refractivity contribution < 1.29 is 14.8 Å². The van der Waals surface area contributed by atoms with Crippen LogP contribution < -0.4 is 10.1 Å². The van der Waals surface area contributed by atoms with Gasteiger partial charge in [-0.1, -0.05) is 18.2 Å². The summed E-state index contributed by atoms with van der Waals surface area (Å²) in [5.74, 6) is 0.636. The van der Waals surface area contributed by atoms with Crippen molar-refractivity contribution in [2.24, 2.45) is 0 Å². The maximum absolute atomic E-state index is 11.1. The summed E-state index contributed by atoms with van der Waals surface area (Å²) in [6, 6.07) is 11.5. The number of nitro groups is 1. The van der Waals surface area contributed by atoms with Gasteiger partial charge in [-0.15, -0.1) is 0 Å². The lowest BCUT2D eigenvalue weighted by Crippen LogP contribution is -1.99. The minimum atomic E-state index is -0.483. The van der Waals surface area contributed by atoms with Gasteiger partial charge < -0.3 is 15.2 Å². The van der Waals surface area contributed by atoms with Crippen molar-refractivity contribution in [1.82, 2.24) is 0 Å². The van der Waals surface area contributed by atoms with Crippen LogP contribution >= 0.6 is 0 Å². The SMILES string of the molecule is CNc1cccc(Oc2ccc(CO)cc2)c1[N+](=O)[O-]. The molecule has 0 aliphatic carbocycles. The van der Waals surface area contributed by atoms with E-state index in [0.717, 1.165) is 5.56 Å². The van der Waals surface area contributed by atoms with Crippen molar-refractivity contribution in [1.29, 1.82) is 0 Å². The third-order valence-electron chi connectivity index (χ3n) is 2.78. The van der Waals surface area contributed by atoms with E-state index in [0.29, 0.717) is 11.4 Å². The largest absolute Gasteiger partial charge is 0.450 e. The summed E-state index contributed by atoms with van der Waals surface area (Å²) in [6.07, 6.45) is 0. The molecule has 20 heavy (non-hydrogen) atoms. The molecular weight excluding hydrogens is 260 g/mol. The number of rotatable bonds is 5. The van der Waals surface area contributed by atoms with E-state index in [1.807, 2.05) is 0 Å². The number of hydrogen-bond acceptors (Lipinski definition) is 5. The van der Waals surface area contributed by atoms with Gasteiger partial charge in [0.25, 0.3) is 0 Å². The number of nitrogens with zero attached hydrogens (tertiary/aromatic N) is 1. The van der Waals surface area contributed by atoms with Crippen LogP contribution in [-0.2, 0) is 6.61 Å². The van der Waals surface area contributed by atoms with Gasteiger partial charge in [0.1, 0.15) is 11.4 Å². The molecule has 0 saturated heterocycles. The van der Waals surface area contributed by atoms with Crippen LogP contribution in [0, 0.1) is 10.1 Å². The zero-order valence-corrected chi connectivity index (χ0v) is 10.9. The average Bonchev–Trinajstić information content (AvgIpc) is 2.47. The Labute approximate surface area is 115 Å². The minimum absolute atomic E-state index is 0.0599. The summed E-state index contributed by atoms with van der Waals surface area (Å²) < 4.78 is 5.55. The first-order valence-corrected chi connectivity index (χ1v) is 5.98. The van der Waals surface area contributed by atoms with Crippen molar-refractivity contribution in [3.63, 3.8) is 0 Å². The predicted molar refractivity (Wildman–Crippen MR) is 75.1 cm³/mol. The first kappa shape index (κ1) is 13.8. The van der Waals surface area contributed by atoms with Crippen LogP contribution in [0.3, 0.4) is 0 Å². The summed E-state index contributed by atoms with van der Waals surface area (Å²) in [5.41, 5.74) is 1.02. The van der Waals surface area contributed by atoms with Gasteiger partial charge in [0.15, 0.2) is 0 Å². The van der Waals surface area contributed by atoms with Gasteiger partial charge in [0, 0.05) is 7.05 Å². The summed E-state index contributed by atoms with van der Waals surface area (Å²) in [4.78, 5) is 10.7. The highest BCUT2D eigenvalue weighted by Crippen LogP contribution is 2.37. The second-order valence-electron chi connectivity index (χ2n) is 4.06. The lowest BCUT2D eigenvalue weighted by molar-refractivity contribution is -0.384. The molecule has 0 fully saturated rings. The second-order valence-corrected chi connectivity index (χ2v) is 4.06. The van der Waals surface area contributed by atoms with Crippen molar-refractivity contribution in [3.05, 3.63) is 58.1 Å². The van der Waals surface area contributed by atoms with Crippen LogP contribution in [0.4, 0.5) is 11.4 Å². The van der Waals surface area contributed by atoms with E-state index >= 15 is 0 Å². The monoisotopic (exact) mass is 274 g/mol. The molecule has 0 radical (unpaired) electrons. The third kappa shape index (κ3) is 2.86. The number of aliphatic hydroxyl groups is 1. The van der Waals surface area contributed by atoms with E-state index in [1.165, 1.54) is 0 Å². The van der Waals surface area contributed by atoms with Gasteiger partial charge in [-0.25, -0.2) is 0 Å². The van der Waals surface area contributed by atoms with Gasteiger partial charge in [-0.2, -0.15) is 0 Å². The van der Waals surface area contributed by atoms with Crippen molar-refractivity contribution in [2.45, 2.75) is 6.61 Å². The molecule has 0 aliphatic rings. The van der Waals surface area contributed by atoms with Gasteiger partial charge in [0.2, 0.25) is 5.75 Å². The van der Waals surface area contributed by atoms with E-state index in [4.69, 9.17) is 9.84 Å². The van der Waals surface area contributed by atoms with E-state index in [-0.39, 0.29) is 18.0 Å². The summed E-state index contributed by atoms with van der Waals surface area (Å²) in [5, 5.41) is 22.9. The summed E-state index contributed by atoms with van der Waals surface area (Å²) in [6.45, 7) is -0.0599. The Hall–Kier alpha value is -2.60. The molecule has 6 nitrogen and oxygen atoms in total. The van der Waals surface area contributed by atoms with E-state index in [1.54, 1.807) is 49.5 Å². The first-order chi connectivity index (χ1) is 9.65. The lowest BCUT2D eigenvalue weighted by Gasteiger charge is -2.09. The Morgan fingerprint density at radius 3 is 2.50 bits per heavy atom. The molecule has 2 N–H and O–H groups in total. The number of anilines is 1. The van der Waals surface area contributed by atoms with Crippen LogP contribution in [0.2, 0.25) is 0 Å². The number of nitro benzene ring substituents is 1. The van der Waals surface area contributed by atoms with E-state index in [9.17, 15) is 10.1 Å². The number of nitrogens with one attached hydrogen (secondary N) is 1. The van der Waals surface area contributed by atoms with Crippen LogP contribution in [0.5, 0.6) is 11.5 Å². The highest BCUT2D eigenvalue weighted by molar-refractivity contribution is 5.68. The quantitative estimate of drug-likeness (QED) is 0.646. The van der Waals surface area contributed by atoms with Gasteiger partial charge in [-0.3, -0.25) is 10.1 Å². The molecule has 0 heterocycles. The smallest absolute Gasteiger partial charge is 0.334 e. The lowest BCUT2D eigenvalue weighted by atomic mass is 10.2. The van der Waals surface area contributed by atoms with E-state index in [2.05, 4.69) is 5.32 Å². The average molecular weight is 274 g/mol. The minimum Gasteiger partial charge on any atom is -0.450 e. The van der Waals surface area contributed by atoms with Crippen molar-refractivity contribution in [2.75, 3.05) is 12.4 Å². The topological polar surface area (TPSA) is 84.6 Å². The first-order valence-electron chi connectivity index (χ1n) is 5.98. The fourth-order valence-corrected chi connectivity index (χ4v) is 1.78. The molecule has 0 aromatic heterocycles.